The molecule has 1 nitrogen and oxygen atoms in total. The van der Waals surface area contributed by atoms with Crippen LogP contribution in [-0.4, -0.2) is 7.11 Å². The average molecular weight is 170 g/mol. The van der Waals surface area contributed by atoms with Gasteiger partial charge in [-0.05, 0) is 35.4 Å². The number of hydrogen-bond donors (Lipinski definition) is 0. The molecule has 0 unspecified atom stereocenters. The van der Waals surface area contributed by atoms with Crippen molar-refractivity contribution in [3.8, 4) is 5.75 Å². The van der Waals surface area contributed by atoms with Crippen LogP contribution in [0.1, 0.15) is 11.1 Å². The number of ether oxygens (including phenoxy) is 1. The molecule has 0 amide bonds. The van der Waals surface area contributed by atoms with Gasteiger partial charge in [0.15, 0.2) is 0 Å². The molecule has 0 N–H and O–H groups in total. The van der Waals surface area contributed by atoms with Crippen LogP contribution in [0.2, 0.25) is 0 Å². The van der Waals surface area contributed by atoms with Crippen molar-refractivity contribution in [3.05, 3.63) is 47.2 Å². The summed E-state index contributed by atoms with van der Waals surface area (Å²) >= 11 is 0. The lowest BCUT2D eigenvalue weighted by Crippen LogP contribution is -1.85. The van der Waals surface area contributed by atoms with E-state index in [9.17, 15) is 0 Å². The van der Waals surface area contributed by atoms with E-state index >= 15 is 0 Å². The number of benzene rings is 1. The van der Waals surface area contributed by atoms with Gasteiger partial charge in [0.25, 0.3) is 0 Å². The van der Waals surface area contributed by atoms with Crippen molar-refractivity contribution in [1.29, 1.82) is 0 Å². The topological polar surface area (TPSA) is 9.23 Å². The molecule has 0 atom stereocenters. The molecular weight excluding hydrogens is 160 g/mol. The van der Waals surface area contributed by atoms with Gasteiger partial charge in [-0.3, -0.25) is 0 Å². The van der Waals surface area contributed by atoms with Gasteiger partial charge < -0.3 is 4.74 Å². The normalized spacial score (nSPS) is 12.4. The monoisotopic (exact) mass is 170 g/mol. The van der Waals surface area contributed by atoms with Crippen molar-refractivity contribution >= 4 is 12.2 Å². The molecular formula is C12H10O. The zero-order chi connectivity index (χ0) is 9.10. The first-order chi connectivity index (χ1) is 6.40. The van der Waals surface area contributed by atoms with Crippen molar-refractivity contribution in [3.63, 3.8) is 0 Å². The number of allylic oxidation sites excluding steroid dienone is 2. The Labute approximate surface area is 77.7 Å². The fourth-order valence-electron chi connectivity index (χ4n) is 1.30. The highest BCUT2D eigenvalue weighted by Gasteiger charge is 1.99. The molecule has 0 radical (unpaired) electrons. The lowest BCUT2D eigenvalue weighted by Gasteiger charge is -2.03. The van der Waals surface area contributed by atoms with Crippen LogP contribution in [-0.2, 0) is 0 Å². The Morgan fingerprint density at radius 1 is 1.23 bits per heavy atom. The molecule has 0 aliphatic heterocycles. The van der Waals surface area contributed by atoms with Gasteiger partial charge in [-0.15, -0.1) is 5.73 Å². The minimum absolute atomic E-state index is 0.882. The molecule has 1 aliphatic carbocycles. The number of rotatable bonds is 1. The molecule has 1 heteroatoms. The van der Waals surface area contributed by atoms with Crippen LogP contribution in [0.4, 0.5) is 0 Å². The second-order valence-electron chi connectivity index (χ2n) is 2.83. The molecule has 64 valence electrons. The highest BCUT2D eigenvalue weighted by molar-refractivity contribution is 5.69. The van der Waals surface area contributed by atoms with Crippen LogP contribution in [0.3, 0.4) is 0 Å². The molecule has 0 bridgehead atoms. The highest BCUT2D eigenvalue weighted by atomic mass is 16.5. The summed E-state index contributed by atoms with van der Waals surface area (Å²) < 4.78 is 5.14. The Balaban J connectivity index is 2.56. The van der Waals surface area contributed by atoms with Gasteiger partial charge in [-0.2, -0.15) is 0 Å². The number of fused-ring (bicyclic) bond motifs is 1. The first-order valence-electron chi connectivity index (χ1n) is 4.17. The van der Waals surface area contributed by atoms with E-state index in [-0.39, 0.29) is 0 Å². The minimum Gasteiger partial charge on any atom is -0.497 e. The van der Waals surface area contributed by atoms with Gasteiger partial charge in [-0.1, -0.05) is 18.2 Å². The molecule has 0 fully saturated rings. The van der Waals surface area contributed by atoms with Crippen molar-refractivity contribution in [2.75, 3.05) is 7.11 Å². The molecule has 0 saturated carbocycles. The maximum atomic E-state index is 5.14. The molecule has 0 aromatic heterocycles. The standard InChI is InChI=1S/C12H10O/c1-13-12-8-7-10-5-3-2-4-6-11(10)9-12/h2-3,5-9H,1H3. The molecule has 2 rings (SSSR count). The van der Waals surface area contributed by atoms with E-state index in [1.807, 2.05) is 36.4 Å². The number of methoxy groups -OCH3 is 1. The zero-order valence-electron chi connectivity index (χ0n) is 7.45. The Kier molecular flexibility index (Phi) is 2.03. The molecule has 1 aromatic carbocycles. The van der Waals surface area contributed by atoms with E-state index in [1.165, 1.54) is 5.56 Å². The third kappa shape index (κ3) is 1.56. The van der Waals surface area contributed by atoms with Gasteiger partial charge in [0.2, 0.25) is 0 Å². The van der Waals surface area contributed by atoms with Crippen LogP contribution in [0, 0.1) is 0 Å². The first kappa shape index (κ1) is 7.90. The zero-order valence-corrected chi connectivity index (χ0v) is 7.45. The van der Waals surface area contributed by atoms with E-state index in [2.05, 4.69) is 11.8 Å². The smallest absolute Gasteiger partial charge is 0.119 e. The molecule has 0 saturated heterocycles. The fraction of sp³-hybridized carbons (Fsp3) is 0.0833. The molecule has 1 aliphatic rings. The van der Waals surface area contributed by atoms with Crippen LogP contribution in [0.25, 0.3) is 12.2 Å². The Bertz CT molecular complexity index is 407. The van der Waals surface area contributed by atoms with Crippen molar-refractivity contribution < 1.29 is 4.74 Å². The largest absolute Gasteiger partial charge is 0.497 e. The van der Waals surface area contributed by atoms with Crippen molar-refractivity contribution in [2.45, 2.75) is 0 Å². The van der Waals surface area contributed by atoms with Gasteiger partial charge in [0.05, 0.1) is 7.11 Å². The Hall–Kier alpha value is -1.72. The van der Waals surface area contributed by atoms with E-state index in [0.717, 1.165) is 11.3 Å². The summed E-state index contributed by atoms with van der Waals surface area (Å²) in [5.41, 5.74) is 5.40. The van der Waals surface area contributed by atoms with Crippen LogP contribution in [0.15, 0.2) is 36.1 Å². The summed E-state index contributed by atoms with van der Waals surface area (Å²) in [6, 6.07) is 6.01. The van der Waals surface area contributed by atoms with Crippen LogP contribution in [0.5, 0.6) is 5.75 Å². The molecule has 0 heterocycles. The van der Waals surface area contributed by atoms with Crippen LogP contribution < -0.4 is 4.74 Å². The van der Waals surface area contributed by atoms with E-state index in [1.54, 1.807) is 7.11 Å². The summed E-state index contributed by atoms with van der Waals surface area (Å²) in [4.78, 5) is 0. The van der Waals surface area contributed by atoms with E-state index in [0.29, 0.717) is 0 Å². The number of hydrogen-bond acceptors (Lipinski definition) is 1. The average Bonchev–Trinajstić information content (AvgIpc) is 2.41. The second kappa shape index (κ2) is 3.34. The van der Waals surface area contributed by atoms with Crippen molar-refractivity contribution in [2.24, 2.45) is 0 Å². The molecule has 0 spiro atoms. The summed E-state index contributed by atoms with van der Waals surface area (Å²) in [6.45, 7) is 0. The third-order valence-electron chi connectivity index (χ3n) is 2.00. The summed E-state index contributed by atoms with van der Waals surface area (Å²) in [5.74, 6) is 0.882. The van der Waals surface area contributed by atoms with Crippen LogP contribution >= 0.6 is 0 Å². The maximum absolute atomic E-state index is 5.14. The van der Waals surface area contributed by atoms with E-state index in [4.69, 9.17) is 4.74 Å². The predicted octanol–water partition coefficient (Wildman–Crippen LogP) is 2.89. The van der Waals surface area contributed by atoms with Crippen molar-refractivity contribution in [1.82, 2.24) is 0 Å². The second-order valence-corrected chi connectivity index (χ2v) is 2.83. The quantitative estimate of drug-likeness (QED) is 0.589. The molecule has 1 aromatic rings. The fourth-order valence-corrected chi connectivity index (χ4v) is 1.30. The lowest BCUT2D eigenvalue weighted by atomic mass is 10.1. The predicted molar refractivity (Wildman–Crippen MR) is 54.6 cm³/mol. The Morgan fingerprint density at radius 3 is 3.00 bits per heavy atom. The first-order valence-corrected chi connectivity index (χ1v) is 4.17. The highest BCUT2D eigenvalue weighted by Crippen LogP contribution is 2.20. The lowest BCUT2D eigenvalue weighted by molar-refractivity contribution is 0.414. The van der Waals surface area contributed by atoms with Gasteiger partial charge in [0, 0.05) is 0 Å². The van der Waals surface area contributed by atoms with Gasteiger partial charge in [0.1, 0.15) is 5.75 Å². The van der Waals surface area contributed by atoms with Gasteiger partial charge >= 0.3 is 0 Å². The third-order valence-corrected chi connectivity index (χ3v) is 2.00. The minimum atomic E-state index is 0.882. The van der Waals surface area contributed by atoms with E-state index < -0.39 is 0 Å². The summed E-state index contributed by atoms with van der Waals surface area (Å²) in [7, 11) is 1.67. The molecule has 13 heavy (non-hydrogen) atoms. The van der Waals surface area contributed by atoms with Gasteiger partial charge in [-0.25, -0.2) is 0 Å². The summed E-state index contributed by atoms with van der Waals surface area (Å²) in [5, 5.41) is 0. The Morgan fingerprint density at radius 2 is 2.15 bits per heavy atom. The maximum Gasteiger partial charge on any atom is 0.119 e. The summed E-state index contributed by atoms with van der Waals surface area (Å²) in [6.07, 6.45) is 7.89. The SMILES string of the molecule is COc1ccc2c(c1)C=C=CC=C2.